The molecule has 0 saturated carbocycles. The number of methoxy groups -OCH3 is 1. The van der Waals surface area contributed by atoms with Crippen LogP contribution in [0.4, 0.5) is 4.79 Å². The highest BCUT2D eigenvalue weighted by Gasteiger charge is 2.41. The van der Waals surface area contributed by atoms with E-state index in [9.17, 15) is 19.2 Å². The van der Waals surface area contributed by atoms with E-state index in [-0.39, 0.29) is 28.9 Å². The third kappa shape index (κ3) is 5.52. The van der Waals surface area contributed by atoms with Gasteiger partial charge in [0, 0.05) is 0 Å². The third-order valence-corrected chi connectivity index (χ3v) is 5.47. The lowest BCUT2D eigenvalue weighted by molar-refractivity contribution is -0.150. The number of benzene rings is 1. The minimum absolute atomic E-state index is 0.136. The van der Waals surface area contributed by atoms with E-state index >= 15 is 0 Å². The summed E-state index contributed by atoms with van der Waals surface area (Å²) in [5.41, 5.74) is 0.515. The van der Waals surface area contributed by atoms with Crippen LogP contribution in [-0.2, 0) is 23.9 Å². The SMILES string of the molecule is CCOC(=O)C(C)N1C(=O)SC(=Cc2cc(Cl)c(OCC(=O)OC)c(Br)c2)C1=O. The van der Waals surface area contributed by atoms with Gasteiger partial charge >= 0.3 is 11.9 Å². The maximum Gasteiger partial charge on any atom is 0.343 e. The number of amides is 2. The van der Waals surface area contributed by atoms with Gasteiger partial charge in [-0.05, 0) is 65.3 Å². The molecule has 1 aliphatic rings. The summed E-state index contributed by atoms with van der Waals surface area (Å²) in [6.07, 6.45) is 1.48. The minimum Gasteiger partial charge on any atom is -0.479 e. The summed E-state index contributed by atoms with van der Waals surface area (Å²) >= 11 is 10.2. The molecule has 1 heterocycles. The van der Waals surface area contributed by atoms with E-state index in [2.05, 4.69) is 20.7 Å². The van der Waals surface area contributed by atoms with Crippen LogP contribution in [0.1, 0.15) is 19.4 Å². The van der Waals surface area contributed by atoms with Crippen LogP contribution in [-0.4, -0.2) is 54.4 Å². The highest BCUT2D eigenvalue weighted by Crippen LogP contribution is 2.38. The lowest BCUT2D eigenvalue weighted by Crippen LogP contribution is -2.42. The number of hydrogen-bond donors (Lipinski definition) is 0. The maximum atomic E-state index is 12.6. The van der Waals surface area contributed by atoms with Gasteiger partial charge in [0.05, 0.1) is 28.1 Å². The molecular weight excluding hydrogens is 490 g/mol. The van der Waals surface area contributed by atoms with Crippen LogP contribution in [0.15, 0.2) is 21.5 Å². The normalized spacial score (nSPS) is 16.2. The van der Waals surface area contributed by atoms with Crippen molar-refractivity contribution in [3.05, 3.63) is 32.1 Å². The lowest BCUT2D eigenvalue weighted by Gasteiger charge is -2.19. The summed E-state index contributed by atoms with van der Waals surface area (Å²) in [4.78, 5) is 48.9. The molecule has 1 atom stereocenters. The maximum absolute atomic E-state index is 12.6. The van der Waals surface area contributed by atoms with Gasteiger partial charge < -0.3 is 14.2 Å². The zero-order valence-corrected chi connectivity index (χ0v) is 18.9. The van der Waals surface area contributed by atoms with Crippen molar-refractivity contribution in [2.75, 3.05) is 20.3 Å². The Bertz CT molecular complexity index is 866. The first-order valence-corrected chi connectivity index (χ1v) is 10.3. The van der Waals surface area contributed by atoms with Crippen LogP contribution in [0.5, 0.6) is 5.75 Å². The Morgan fingerprint density at radius 2 is 2.03 bits per heavy atom. The van der Waals surface area contributed by atoms with Gasteiger partial charge in [-0.15, -0.1) is 0 Å². The zero-order valence-electron chi connectivity index (χ0n) is 15.7. The van der Waals surface area contributed by atoms with Crippen molar-refractivity contribution in [2.24, 2.45) is 0 Å². The van der Waals surface area contributed by atoms with Gasteiger partial charge in [-0.25, -0.2) is 9.59 Å². The van der Waals surface area contributed by atoms with E-state index in [1.807, 2.05) is 0 Å². The number of hydrogen-bond acceptors (Lipinski definition) is 8. The van der Waals surface area contributed by atoms with Crippen LogP contribution in [0.3, 0.4) is 0 Å². The predicted octanol–water partition coefficient (Wildman–Crippen LogP) is 3.64. The fraction of sp³-hybridized carbons (Fsp3) is 0.333. The number of rotatable bonds is 7. The van der Waals surface area contributed by atoms with Crippen LogP contribution in [0.25, 0.3) is 6.08 Å². The Balaban J connectivity index is 2.24. The first kappa shape index (κ1) is 23.2. The zero-order chi connectivity index (χ0) is 21.7. The second-order valence-electron chi connectivity index (χ2n) is 5.66. The molecule has 0 radical (unpaired) electrons. The topological polar surface area (TPSA) is 99.2 Å². The fourth-order valence-corrected chi connectivity index (χ4v) is 4.22. The molecule has 11 heteroatoms. The largest absolute Gasteiger partial charge is 0.479 e. The molecule has 0 aromatic heterocycles. The van der Waals surface area contributed by atoms with Gasteiger partial charge in [0.15, 0.2) is 12.4 Å². The van der Waals surface area contributed by atoms with Crippen molar-refractivity contribution >= 4 is 68.5 Å². The molecule has 0 aliphatic carbocycles. The molecule has 156 valence electrons. The smallest absolute Gasteiger partial charge is 0.343 e. The van der Waals surface area contributed by atoms with Gasteiger partial charge in [-0.3, -0.25) is 14.5 Å². The second-order valence-corrected chi connectivity index (χ2v) is 7.91. The first-order chi connectivity index (χ1) is 13.7. The number of ether oxygens (including phenoxy) is 3. The predicted molar refractivity (Wildman–Crippen MR) is 111 cm³/mol. The van der Waals surface area contributed by atoms with Crippen molar-refractivity contribution in [1.82, 2.24) is 4.90 Å². The molecule has 1 fully saturated rings. The van der Waals surface area contributed by atoms with E-state index < -0.39 is 29.1 Å². The van der Waals surface area contributed by atoms with Gasteiger partial charge in [0.2, 0.25) is 0 Å². The molecule has 1 saturated heterocycles. The Morgan fingerprint density at radius 3 is 2.62 bits per heavy atom. The quantitative estimate of drug-likeness (QED) is 0.408. The Kier molecular flexibility index (Phi) is 8.12. The summed E-state index contributed by atoms with van der Waals surface area (Å²) in [5, 5.41) is -0.376. The number of thioether (sulfide) groups is 1. The highest BCUT2D eigenvalue weighted by molar-refractivity contribution is 9.10. The molecule has 1 aromatic carbocycles. The van der Waals surface area contributed by atoms with E-state index in [1.165, 1.54) is 26.2 Å². The van der Waals surface area contributed by atoms with Gasteiger partial charge in [0.1, 0.15) is 6.04 Å². The van der Waals surface area contributed by atoms with Gasteiger partial charge in [0.25, 0.3) is 11.1 Å². The lowest BCUT2D eigenvalue weighted by atomic mass is 10.2. The monoisotopic (exact) mass is 505 g/mol. The van der Waals surface area contributed by atoms with Gasteiger partial charge in [-0.2, -0.15) is 0 Å². The van der Waals surface area contributed by atoms with Crippen molar-refractivity contribution in [2.45, 2.75) is 19.9 Å². The van der Waals surface area contributed by atoms with E-state index in [4.69, 9.17) is 21.1 Å². The van der Waals surface area contributed by atoms with E-state index in [0.29, 0.717) is 21.8 Å². The van der Waals surface area contributed by atoms with Crippen LogP contribution in [0, 0.1) is 0 Å². The molecule has 1 unspecified atom stereocenters. The van der Waals surface area contributed by atoms with Crippen molar-refractivity contribution in [3.63, 3.8) is 0 Å². The molecule has 8 nitrogen and oxygen atoms in total. The van der Waals surface area contributed by atoms with E-state index in [1.54, 1.807) is 13.0 Å². The number of esters is 2. The Morgan fingerprint density at radius 1 is 1.34 bits per heavy atom. The molecule has 2 amide bonds. The molecular formula is C18H17BrClNO7S. The number of nitrogens with zero attached hydrogens (tertiary/aromatic N) is 1. The molecule has 1 aromatic rings. The van der Waals surface area contributed by atoms with Crippen LogP contribution < -0.4 is 4.74 Å². The van der Waals surface area contributed by atoms with E-state index in [0.717, 1.165) is 4.90 Å². The Labute approximate surface area is 184 Å². The number of halogens is 2. The molecule has 2 rings (SSSR count). The summed E-state index contributed by atoms with van der Waals surface area (Å²) in [7, 11) is 1.24. The number of carbonyl (C=O) groups is 4. The van der Waals surface area contributed by atoms with Crippen LogP contribution >= 0.6 is 39.3 Å². The molecule has 0 bridgehead atoms. The van der Waals surface area contributed by atoms with Crippen molar-refractivity contribution in [1.29, 1.82) is 0 Å². The van der Waals surface area contributed by atoms with Crippen molar-refractivity contribution < 1.29 is 33.4 Å². The first-order valence-electron chi connectivity index (χ1n) is 8.31. The summed E-state index contributed by atoms with van der Waals surface area (Å²) in [6.45, 7) is 2.89. The summed E-state index contributed by atoms with van der Waals surface area (Å²) in [6, 6.07) is 2.10. The molecule has 0 spiro atoms. The van der Waals surface area contributed by atoms with Crippen LogP contribution in [0.2, 0.25) is 5.02 Å². The number of imide groups is 1. The average Bonchev–Trinajstić information content (AvgIpc) is 2.93. The molecule has 29 heavy (non-hydrogen) atoms. The minimum atomic E-state index is -1.03. The standard InChI is InChI=1S/C18H17BrClNO7S/c1-4-27-17(24)9(2)21-16(23)13(29-18(21)25)7-10-5-11(19)15(12(20)6-10)28-8-14(22)26-3/h5-7,9H,4,8H2,1-3H3. The number of carbonyl (C=O) groups excluding carboxylic acids is 4. The molecule has 0 N–H and O–H groups in total. The third-order valence-electron chi connectivity index (χ3n) is 3.72. The highest BCUT2D eigenvalue weighted by atomic mass is 79.9. The van der Waals surface area contributed by atoms with Gasteiger partial charge in [-0.1, -0.05) is 11.6 Å². The average molecular weight is 507 g/mol. The summed E-state index contributed by atoms with van der Waals surface area (Å²) in [5.74, 6) is -1.59. The fourth-order valence-electron chi connectivity index (χ4n) is 2.32. The Hall–Kier alpha value is -2.04. The second kappa shape index (κ2) is 10.1. The summed E-state index contributed by atoms with van der Waals surface area (Å²) < 4.78 is 15.1. The molecule has 1 aliphatic heterocycles. The van der Waals surface area contributed by atoms with Crippen molar-refractivity contribution in [3.8, 4) is 5.75 Å².